The van der Waals surface area contributed by atoms with Crippen molar-refractivity contribution in [3.8, 4) is 17.2 Å². The van der Waals surface area contributed by atoms with E-state index in [1.807, 2.05) is 0 Å². The van der Waals surface area contributed by atoms with Gasteiger partial charge in [-0.05, 0) is 43.2 Å². The summed E-state index contributed by atoms with van der Waals surface area (Å²) in [5, 5.41) is 3.35. The Morgan fingerprint density at radius 3 is 2.13 bits per heavy atom. The van der Waals surface area contributed by atoms with Gasteiger partial charge >= 0.3 is 5.97 Å². The molecule has 0 bridgehead atoms. The van der Waals surface area contributed by atoms with Crippen molar-refractivity contribution in [1.29, 1.82) is 0 Å². The number of nitrogens with one attached hydrogen (secondary N) is 1. The average molecular weight is 450 g/mol. The van der Waals surface area contributed by atoms with Gasteiger partial charge in [0.25, 0.3) is 0 Å². The standard InChI is InChI=1S/C23H28ClNO6/c1-14(2)31-22(27)13-18(16-8-6-7-9-17(16)24)25-21(26)12-15-10-19(28-3)23(30-5)20(11-15)29-4/h6-11,14,18H,12-13H2,1-5H3,(H,25,26)/t18-/m0/s1. The highest BCUT2D eigenvalue weighted by Crippen LogP contribution is 2.38. The fourth-order valence-corrected chi connectivity index (χ4v) is 3.41. The molecule has 168 valence electrons. The molecule has 0 fully saturated rings. The summed E-state index contributed by atoms with van der Waals surface area (Å²) in [6.07, 6.45) is -0.255. The number of methoxy groups -OCH3 is 3. The molecular weight excluding hydrogens is 422 g/mol. The first-order valence-electron chi connectivity index (χ1n) is 9.81. The number of carbonyl (C=O) groups excluding carboxylic acids is 2. The molecule has 31 heavy (non-hydrogen) atoms. The molecule has 8 heteroatoms. The van der Waals surface area contributed by atoms with E-state index in [2.05, 4.69) is 5.32 Å². The Morgan fingerprint density at radius 2 is 1.61 bits per heavy atom. The van der Waals surface area contributed by atoms with Crippen molar-refractivity contribution in [3.63, 3.8) is 0 Å². The van der Waals surface area contributed by atoms with Crippen molar-refractivity contribution in [2.24, 2.45) is 0 Å². The number of hydrogen-bond donors (Lipinski definition) is 1. The van der Waals surface area contributed by atoms with Crippen LogP contribution in [0.25, 0.3) is 0 Å². The predicted octanol–water partition coefficient (Wildman–Crippen LogP) is 4.11. The van der Waals surface area contributed by atoms with Gasteiger partial charge in [0.1, 0.15) is 0 Å². The first-order valence-corrected chi connectivity index (χ1v) is 10.2. The molecule has 0 spiro atoms. The fraction of sp³-hybridized carbons (Fsp3) is 0.391. The molecule has 0 heterocycles. The third kappa shape index (κ3) is 6.79. The Morgan fingerprint density at radius 1 is 1.00 bits per heavy atom. The third-order valence-electron chi connectivity index (χ3n) is 4.44. The molecule has 0 aliphatic carbocycles. The van der Waals surface area contributed by atoms with Crippen LogP contribution in [0.4, 0.5) is 0 Å². The zero-order valence-electron chi connectivity index (χ0n) is 18.4. The number of halogens is 1. The van der Waals surface area contributed by atoms with Gasteiger partial charge in [0.15, 0.2) is 11.5 Å². The highest BCUT2D eigenvalue weighted by atomic mass is 35.5. The summed E-state index contributed by atoms with van der Waals surface area (Å²) in [6, 6.07) is 9.85. The van der Waals surface area contributed by atoms with E-state index >= 15 is 0 Å². The average Bonchev–Trinajstić information content (AvgIpc) is 2.72. The number of ether oxygens (including phenoxy) is 4. The monoisotopic (exact) mass is 449 g/mol. The van der Waals surface area contributed by atoms with Gasteiger partial charge in [-0.1, -0.05) is 29.8 Å². The van der Waals surface area contributed by atoms with E-state index in [1.54, 1.807) is 50.2 Å². The van der Waals surface area contributed by atoms with Gasteiger partial charge in [-0.25, -0.2) is 0 Å². The Bertz CT molecular complexity index is 890. The van der Waals surface area contributed by atoms with Crippen LogP contribution in [0, 0.1) is 0 Å². The molecule has 1 amide bonds. The van der Waals surface area contributed by atoms with Gasteiger partial charge < -0.3 is 24.3 Å². The minimum Gasteiger partial charge on any atom is -0.493 e. The Balaban J connectivity index is 2.24. The van der Waals surface area contributed by atoms with Crippen LogP contribution in [0.1, 0.15) is 37.4 Å². The van der Waals surface area contributed by atoms with Crippen LogP contribution < -0.4 is 19.5 Å². The van der Waals surface area contributed by atoms with Crippen LogP contribution in [0.5, 0.6) is 17.2 Å². The van der Waals surface area contributed by atoms with Crippen LogP contribution in [-0.4, -0.2) is 39.3 Å². The minimum absolute atomic E-state index is 0.0386. The number of hydrogen-bond acceptors (Lipinski definition) is 6. The largest absolute Gasteiger partial charge is 0.493 e. The molecule has 0 radical (unpaired) electrons. The molecular formula is C23H28ClNO6. The van der Waals surface area contributed by atoms with Crippen molar-refractivity contribution in [1.82, 2.24) is 5.32 Å². The number of carbonyl (C=O) groups is 2. The first-order chi connectivity index (χ1) is 14.8. The summed E-state index contributed by atoms with van der Waals surface area (Å²) >= 11 is 6.31. The molecule has 0 unspecified atom stereocenters. The molecule has 1 N–H and O–H groups in total. The zero-order chi connectivity index (χ0) is 23.0. The maximum Gasteiger partial charge on any atom is 0.308 e. The van der Waals surface area contributed by atoms with Crippen LogP contribution in [-0.2, 0) is 20.7 Å². The smallest absolute Gasteiger partial charge is 0.308 e. The van der Waals surface area contributed by atoms with E-state index in [4.69, 9.17) is 30.5 Å². The van der Waals surface area contributed by atoms with E-state index in [9.17, 15) is 9.59 Å². The van der Waals surface area contributed by atoms with Crippen LogP contribution >= 0.6 is 11.6 Å². The van der Waals surface area contributed by atoms with Gasteiger partial charge in [-0.2, -0.15) is 0 Å². The first kappa shape index (κ1) is 24.3. The van der Waals surface area contributed by atoms with Crippen molar-refractivity contribution in [2.75, 3.05) is 21.3 Å². The molecule has 2 aromatic rings. The molecule has 2 rings (SSSR count). The van der Waals surface area contributed by atoms with Crippen LogP contribution in [0.15, 0.2) is 36.4 Å². The summed E-state index contributed by atoms with van der Waals surface area (Å²) in [6.45, 7) is 3.54. The van der Waals surface area contributed by atoms with E-state index in [-0.39, 0.29) is 24.9 Å². The Kier molecular flexibility index (Phi) is 9.00. The van der Waals surface area contributed by atoms with Gasteiger partial charge in [0.05, 0.1) is 46.3 Å². The zero-order valence-corrected chi connectivity index (χ0v) is 19.1. The summed E-state index contributed by atoms with van der Waals surface area (Å²) < 4.78 is 21.2. The second-order valence-corrected chi connectivity index (χ2v) is 7.50. The van der Waals surface area contributed by atoms with Gasteiger partial charge in [-0.15, -0.1) is 0 Å². The molecule has 2 aromatic carbocycles. The highest BCUT2D eigenvalue weighted by Gasteiger charge is 2.23. The van der Waals surface area contributed by atoms with Crippen molar-refractivity contribution >= 4 is 23.5 Å². The molecule has 1 atom stereocenters. The summed E-state index contributed by atoms with van der Waals surface area (Å²) in [7, 11) is 4.53. The maximum absolute atomic E-state index is 12.8. The minimum atomic E-state index is -0.630. The van der Waals surface area contributed by atoms with Crippen molar-refractivity contribution in [2.45, 2.75) is 38.8 Å². The number of rotatable bonds is 10. The van der Waals surface area contributed by atoms with Gasteiger partial charge in [-0.3, -0.25) is 9.59 Å². The quantitative estimate of drug-likeness (QED) is 0.549. The number of esters is 1. The van der Waals surface area contributed by atoms with Crippen molar-refractivity contribution in [3.05, 3.63) is 52.5 Å². The molecule has 0 aromatic heterocycles. The van der Waals surface area contributed by atoms with Gasteiger partial charge in [0, 0.05) is 5.02 Å². The molecule has 0 aliphatic rings. The van der Waals surface area contributed by atoms with Gasteiger partial charge in [0.2, 0.25) is 11.7 Å². The maximum atomic E-state index is 12.8. The molecule has 0 aliphatic heterocycles. The van der Waals surface area contributed by atoms with E-state index in [0.717, 1.165) is 0 Å². The molecule has 7 nitrogen and oxygen atoms in total. The lowest BCUT2D eigenvalue weighted by Crippen LogP contribution is -2.32. The van der Waals surface area contributed by atoms with E-state index in [0.29, 0.717) is 33.4 Å². The Labute approximate surface area is 187 Å². The predicted molar refractivity (Wildman–Crippen MR) is 118 cm³/mol. The van der Waals surface area contributed by atoms with Crippen molar-refractivity contribution < 1.29 is 28.5 Å². The summed E-state index contributed by atoms with van der Waals surface area (Å²) in [5.74, 6) is 0.629. The van der Waals surface area contributed by atoms with Crippen LogP contribution in [0.2, 0.25) is 5.02 Å². The number of benzene rings is 2. The summed E-state index contributed by atoms with van der Waals surface area (Å²) in [4.78, 5) is 25.1. The lowest BCUT2D eigenvalue weighted by Gasteiger charge is -2.21. The molecule has 0 saturated heterocycles. The second kappa shape index (κ2) is 11.5. The highest BCUT2D eigenvalue weighted by molar-refractivity contribution is 6.31. The third-order valence-corrected chi connectivity index (χ3v) is 4.79. The lowest BCUT2D eigenvalue weighted by atomic mass is 10.0. The topological polar surface area (TPSA) is 83.1 Å². The summed E-state index contributed by atoms with van der Waals surface area (Å²) in [5.41, 5.74) is 1.30. The van der Waals surface area contributed by atoms with E-state index < -0.39 is 12.0 Å². The Hall–Kier alpha value is -2.93. The fourth-order valence-electron chi connectivity index (χ4n) is 3.14. The lowest BCUT2D eigenvalue weighted by molar-refractivity contribution is -0.148. The SMILES string of the molecule is COc1cc(CC(=O)N[C@@H](CC(=O)OC(C)C)c2ccccc2Cl)cc(OC)c1OC. The normalized spacial score (nSPS) is 11.6. The second-order valence-electron chi connectivity index (χ2n) is 7.09. The van der Waals surface area contributed by atoms with E-state index in [1.165, 1.54) is 21.3 Å². The molecule has 0 saturated carbocycles. The number of amides is 1. The van der Waals surface area contributed by atoms with Crippen LogP contribution in [0.3, 0.4) is 0 Å².